The van der Waals surface area contributed by atoms with Crippen molar-refractivity contribution in [3.05, 3.63) is 35.9 Å². The van der Waals surface area contributed by atoms with E-state index in [0.29, 0.717) is 5.96 Å². The summed E-state index contributed by atoms with van der Waals surface area (Å²) in [6, 6.07) is 10.6. The number of benzene rings is 1. The van der Waals surface area contributed by atoms with E-state index in [2.05, 4.69) is 34.7 Å². The summed E-state index contributed by atoms with van der Waals surface area (Å²) in [5, 5.41) is 6.46. The monoisotopic (exact) mass is 325 g/mol. The molecule has 0 saturated carbocycles. The van der Waals surface area contributed by atoms with Gasteiger partial charge in [0.1, 0.15) is 9.84 Å². The molecule has 1 rings (SSSR count). The Kier molecular flexibility index (Phi) is 7.95. The van der Waals surface area contributed by atoms with Gasteiger partial charge in [-0.3, -0.25) is 4.99 Å². The molecule has 6 heteroatoms. The second-order valence-electron chi connectivity index (χ2n) is 5.46. The Bertz CT molecular complexity index is 556. The van der Waals surface area contributed by atoms with Gasteiger partial charge in [0.05, 0.1) is 12.3 Å². The standard InChI is InChI=1S/C16H27N3O2S/c1-4-17-16(18-12-13-22(3,20)21)19-14(2)10-11-15-8-6-5-7-9-15/h5-9,14H,4,10-13H2,1-3H3,(H2,17,18,19). The van der Waals surface area contributed by atoms with Crippen molar-refractivity contribution in [3.8, 4) is 0 Å². The van der Waals surface area contributed by atoms with Gasteiger partial charge in [-0.25, -0.2) is 8.42 Å². The van der Waals surface area contributed by atoms with E-state index in [1.54, 1.807) is 0 Å². The molecule has 1 atom stereocenters. The first-order valence-electron chi connectivity index (χ1n) is 7.67. The van der Waals surface area contributed by atoms with Crippen LogP contribution in [-0.4, -0.2) is 45.5 Å². The van der Waals surface area contributed by atoms with Crippen LogP contribution in [-0.2, 0) is 16.3 Å². The van der Waals surface area contributed by atoms with Crippen LogP contribution in [0.4, 0.5) is 0 Å². The molecule has 1 aromatic carbocycles. The highest BCUT2D eigenvalue weighted by Gasteiger charge is 2.06. The number of nitrogens with zero attached hydrogens (tertiary/aromatic N) is 1. The Morgan fingerprint density at radius 1 is 1.27 bits per heavy atom. The second-order valence-corrected chi connectivity index (χ2v) is 7.72. The van der Waals surface area contributed by atoms with Crippen LogP contribution in [0.25, 0.3) is 0 Å². The van der Waals surface area contributed by atoms with Crippen molar-refractivity contribution in [1.29, 1.82) is 0 Å². The number of sulfone groups is 1. The molecule has 0 spiro atoms. The molecule has 0 fully saturated rings. The van der Waals surface area contributed by atoms with E-state index in [9.17, 15) is 8.42 Å². The molecular formula is C16H27N3O2S. The highest BCUT2D eigenvalue weighted by molar-refractivity contribution is 7.90. The summed E-state index contributed by atoms with van der Waals surface area (Å²) in [7, 11) is -2.97. The fourth-order valence-corrected chi connectivity index (χ4v) is 2.40. The zero-order chi connectivity index (χ0) is 16.4. The van der Waals surface area contributed by atoms with Gasteiger partial charge in [-0.1, -0.05) is 30.3 Å². The van der Waals surface area contributed by atoms with Crippen LogP contribution in [0.3, 0.4) is 0 Å². The summed E-state index contributed by atoms with van der Waals surface area (Å²) in [6.45, 7) is 5.12. The molecule has 0 radical (unpaired) electrons. The lowest BCUT2D eigenvalue weighted by atomic mass is 10.1. The number of aliphatic imine (C=N–C) groups is 1. The zero-order valence-electron chi connectivity index (χ0n) is 13.7. The van der Waals surface area contributed by atoms with Crippen molar-refractivity contribution in [2.24, 2.45) is 4.99 Å². The Morgan fingerprint density at radius 3 is 2.55 bits per heavy atom. The van der Waals surface area contributed by atoms with Crippen LogP contribution < -0.4 is 10.6 Å². The average Bonchev–Trinajstić information content (AvgIpc) is 2.45. The molecule has 0 heterocycles. The Balaban J connectivity index is 2.45. The third-order valence-corrected chi connectivity index (χ3v) is 4.09. The number of hydrogen-bond acceptors (Lipinski definition) is 3. The van der Waals surface area contributed by atoms with E-state index in [1.807, 2.05) is 25.1 Å². The van der Waals surface area contributed by atoms with E-state index in [1.165, 1.54) is 11.8 Å². The van der Waals surface area contributed by atoms with Crippen molar-refractivity contribution in [1.82, 2.24) is 10.6 Å². The van der Waals surface area contributed by atoms with Crippen LogP contribution in [0.15, 0.2) is 35.3 Å². The minimum absolute atomic E-state index is 0.0714. The van der Waals surface area contributed by atoms with Crippen molar-refractivity contribution in [2.45, 2.75) is 32.7 Å². The summed E-state index contributed by atoms with van der Waals surface area (Å²) in [5.74, 6) is 0.744. The molecule has 0 saturated heterocycles. The second kappa shape index (κ2) is 9.46. The Morgan fingerprint density at radius 2 is 1.95 bits per heavy atom. The van der Waals surface area contributed by atoms with Crippen LogP contribution >= 0.6 is 0 Å². The third-order valence-electron chi connectivity index (χ3n) is 3.17. The maximum atomic E-state index is 11.1. The van der Waals surface area contributed by atoms with Gasteiger partial charge in [0, 0.05) is 18.8 Å². The molecule has 0 aliphatic rings. The van der Waals surface area contributed by atoms with Crippen LogP contribution in [0.1, 0.15) is 25.8 Å². The average molecular weight is 325 g/mol. The van der Waals surface area contributed by atoms with E-state index in [-0.39, 0.29) is 18.3 Å². The summed E-state index contributed by atoms with van der Waals surface area (Å²) in [5.41, 5.74) is 1.31. The molecule has 2 N–H and O–H groups in total. The molecule has 0 bridgehead atoms. The largest absolute Gasteiger partial charge is 0.357 e. The lowest BCUT2D eigenvalue weighted by molar-refractivity contribution is 0.592. The highest BCUT2D eigenvalue weighted by Crippen LogP contribution is 2.04. The quantitative estimate of drug-likeness (QED) is 0.563. The van der Waals surface area contributed by atoms with Crippen molar-refractivity contribution < 1.29 is 8.42 Å². The molecule has 1 aromatic rings. The third kappa shape index (κ3) is 8.67. The van der Waals surface area contributed by atoms with Gasteiger partial charge in [-0.15, -0.1) is 0 Å². The fourth-order valence-electron chi connectivity index (χ4n) is 1.98. The number of rotatable bonds is 8. The van der Waals surface area contributed by atoms with E-state index in [0.717, 1.165) is 19.4 Å². The molecule has 22 heavy (non-hydrogen) atoms. The molecule has 0 aromatic heterocycles. The highest BCUT2D eigenvalue weighted by atomic mass is 32.2. The van der Waals surface area contributed by atoms with Gasteiger partial charge in [0.25, 0.3) is 0 Å². The van der Waals surface area contributed by atoms with E-state index < -0.39 is 9.84 Å². The lowest BCUT2D eigenvalue weighted by Crippen LogP contribution is -2.42. The number of hydrogen-bond donors (Lipinski definition) is 2. The maximum Gasteiger partial charge on any atom is 0.191 e. The van der Waals surface area contributed by atoms with Gasteiger partial charge >= 0.3 is 0 Å². The number of nitrogens with one attached hydrogen (secondary N) is 2. The first kappa shape index (κ1) is 18.5. The minimum atomic E-state index is -2.97. The van der Waals surface area contributed by atoms with E-state index >= 15 is 0 Å². The Labute approximate surface area is 134 Å². The first-order chi connectivity index (χ1) is 10.4. The number of guanidine groups is 1. The number of aryl methyl sites for hydroxylation is 1. The lowest BCUT2D eigenvalue weighted by Gasteiger charge is -2.17. The van der Waals surface area contributed by atoms with Crippen LogP contribution in [0.2, 0.25) is 0 Å². The molecule has 124 valence electrons. The fraction of sp³-hybridized carbons (Fsp3) is 0.562. The van der Waals surface area contributed by atoms with E-state index in [4.69, 9.17) is 0 Å². The smallest absolute Gasteiger partial charge is 0.191 e. The zero-order valence-corrected chi connectivity index (χ0v) is 14.5. The van der Waals surface area contributed by atoms with Gasteiger partial charge in [0.2, 0.25) is 0 Å². The molecule has 0 aliphatic carbocycles. The van der Waals surface area contributed by atoms with Gasteiger partial charge in [-0.05, 0) is 32.3 Å². The summed E-state index contributed by atoms with van der Waals surface area (Å²) in [4.78, 5) is 4.31. The predicted molar refractivity (Wildman–Crippen MR) is 93.1 cm³/mol. The van der Waals surface area contributed by atoms with Crippen molar-refractivity contribution >= 4 is 15.8 Å². The van der Waals surface area contributed by atoms with Crippen molar-refractivity contribution in [2.75, 3.05) is 25.1 Å². The maximum absolute atomic E-state index is 11.1. The summed E-state index contributed by atoms with van der Waals surface area (Å²) in [6.07, 6.45) is 3.21. The first-order valence-corrected chi connectivity index (χ1v) is 9.73. The van der Waals surface area contributed by atoms with Gasteiger partial charge in [0.15, 0.2) is 5.96 Å². The summed E-state index contributed by atoms with van der Waals surface area (Å²) < 4.78 is 22.3. The minimum Gasteiger partial charge on any atom is -0.357 e. The Hall–Kier alpha value is -1.56. The molecule has 0 aliphatic heterocycles. The molecular weight excluding hydrogens is 298 g/mol. The van der Waals surface area contributed by atoms with Gasteiger partial charge < -0.3 is 10.6 Å². The van der Waals surface area contributed by atoms with Crippen LogP contribution in [0.5, 0.6) is 0 Å². The summed E-state index contributed by atoms with van der Waals surface area (Å²) >= 11 is 0. The SMILES string of the molecule is CCNC(=NCCS(C)(=O)=O)NC(C)CCc1ccccc1. The normalized spacial score (nSPS) is 13.7. The van der Waals surface area contributed by atoms with Gasteiger partial charge in [-0.2, -0.15) is 0 Å². The molecule has 1 unspecified atom stereocenters. The van der Waals surface area contributed by atoms with Crippen molar-refractivity contribution in [3.63, 3.8) is 0 Å². The van der Waals surface area contributed by atoms with Crippen LogP contribution in [0, 0.1) is 0 Å². The predicted octanol–water partition coefficient (Wildman–Crippen LogP) is 1.61. The molecule has 5 nitrogen and oxygen atoms in total. The molecule has 0 amide bonds. The topological polar surface area (TPSA) is 70.6 Å².